The number of aldehydes is 1. The molecule has 2 N–H and O–H groups in total. The number of aromatic nitrogens is 4. The Morgan fingerprint density at radius 3 is 2.60 bits per heavy atom. The first-order valence-electron chi connectivity index (χ1n) is 13.4. The van der Waals surface area contributed by atoms with Crippen molar-refractivity contribution in [1.82, 2.24) is 24.6 Å². The maximum atomic E-state index is 9.40. The summed E-state index contributed by atoms with van der Waals surface area (Å²) in [6.45, 7) is 3.43. The Hall–Kier alpha value is -4.50. The average Bonchev–Trinajstić information content (AvgIpc) is 3.33. The first-order chi connectivity index (χ1) is 19.4. The van der Waals surface area contributed by atoms with Crippen molar-refractivity contribution in [2.24, 2.45) is 7.05 Å². The number of carbonyl (C=O) groups excluding carboxylic acids is 1. The summed E-state index contributed by atoms with van der Waals surface area (Å²) < 4.78 is 7.86. The van der Waals surface area contributed by atoms with Gasteiger partial charge in [-0.3, -0.25) is 4.68 Å². The molecule has 0 aliphatic heterocycles. The third kappa shape index (κ3) is 7.12. The van der Waals surface area contributed by atoms with Crippen LogP contribution in [0.3, 0.4) is 0 Å². The molecule has 9 nitrogen and oxygen atoms in total. The molecule has 0 amide bonds. The minimum Gasteiger partial charge on any atom is -0.492 e. The molecule has 0 fully saturated rings. The topological polar surface area (TPSA) is 97.2 Å². The number of aryl methyl sites for hydroxylation is 1. The maximum Gasteiger partial charge on any atom is 0.162 e. The van der Waals surface area contributed by atoms with Gasteiger partial charge >= 0.3 is 0 Å². The van der Waals surface area contributed by atoms with Gasteiger partial charge in [0.2, 0.25) is 0 Å². The molecule has 0 radical (unpaired) electrons. The molecule has 5 rings (SSSR count). The van der Waals surface area contributed by atoms with Crippen LogP contribution in [0.2, 0.25) is 0 Å². The van der Waals surface area contributed by atoms with Gasteiger partial charge in [0.15, 0.2) is 5.82 Å². The molecule has 2 aromatic heterocycles. The van der Waals surface area contributed by atoms with Gasteiger partial charge in [-0.15, -0.1) is 0 Å². The Labute approximate surface area is 235 Å². The van der Waals surface area contributed by atoms with E-state index in [4.69, 9.17) is 14.7 Å². The van der Waals surface area contributed by atoms with E-state index in [0.717, 1.165) is 69.6 Å². The highest BCUT2D eigenvalue weighted by Gasteiger charge is 2.13. The van der Waals surface area contributed by atoms with E-state index in [-0.39, 0.29) is 0 Å². The third-order valence-corrected chi connectivity index (χ3v) is 6.30. The summed E-state index contributed by atoms with van der Waals surface area (Å²) >= 11 is 0. The normalized spacial score (nSPS) is 10.8. The number of benzene rings is 3. The molecule has 5 aromatic rings. The van der Waals surface area contributed by atoms with E-state index < -0.39 is 0 Å². The zero-order chi connectivity index (χ0) is 28.5. The van der Waals surface area contributed by atoms with Gasteiger partial charge in [0.25, 0.3) is 0 Å². The molecular formula is C31H37N7O2. The number of likely N-dealkylation sites (N-methyl/N-ethyl adjacent to an activating group) is 1. The third-order valence-electron chi connectivity index (χ3n) is 6.30. The number of nitrogens with one attached hydrogen (secondary N) is 2. The summed E-state index contributed by atoms with van der Waals surface area (Å²) in [5, 5.41) is 13.0. The van der Waals surface area contributed by atoms with Gasteiger partial charge in [0.05, 0.1) is 17.2 Å². The number of rotatable bonds is 10. The predicted molar refractivity (Wildman–Crippen MR) is 164 cm³/mol. The van der Waals surface area contributed by atoms with E-state index in [2.05, 4.69) is 32.8 Å². The number of hydrogen-bond acceptors (Lipinski definition) is 8. The average molecular weight is 540 g/mol. The fourth-order valence-electron chi connectivity index (χ4n) is 4.08. The molecule has 40 heavy (non-hydrogen) atoms. The SMILES string of the molecule is CCCC=O.CNc1cccc(-c2nc(Nc3ccc4c(cnn4C)c3)c3cc(OCCN(C)C)ccc3n2)c1. The predicted octanol–water partition coefficient (Wildman–Crippen LogP) is 5.89. The zero-order valence-corrected chi connectivity index (χ0v) is 23.8. The lowest BCUT2D eigenvalue weighted by atomic mass is 10.1. The summed E-state index contributed by atoms with van der Waals surface area (Å²) in [5.41, 5.74) is 4.79. The molecule has 0 spiro atoms. The number of nitrogens with zero attached hydrogens (tertiary/aromatic N) is 5. The lowest BCUT2D eigenvalue weighted by molar-refractivity contribution is -0.107. The van der Waals surface area contributed by atoms with Gasteiger partial charge < -0.3 is 25.1 Å². The monoisotopic (exact) mass is 539 g/mol. The highest BCUT2D eigenvalue weighted by atomic mass is 16.5. The molecule has 0 unspecified atom stereocenters. The quantitative estimate of drug-likeness (QED) is 0.212. The summed E-state index contributed by atoms with van der Waals surface area (Å²) in [6.07, 6.45) is 4.48. The fraction of sp³-hybridized carbons (Fsp3) is 0.290. The Morgan fingerprint density at radius 1 is 1.02 bits per heavy atom. The maximum absolute atomic E-state index is 9.40. The molecule has 9 heteroatoms. The molecular weight excluding hydrogens is 502 g/mol. The van der Waals surface area contributed by atoms with Gasteiger partial charge in [-0.05, 0) is 69.0 Å². The number of hydrogen-bond donors (Lipinski definition) is 2. The second kappa shape index (κ2) is 13.5. The molecule has 0 saturated heterocycles. The highest BCUT2D eigenvalue weighted by Crippen LogP contribution is 2.31. The second-order valence-corrected chi connectivity index (χ2v) is 9.68. The van der Waals surface area contributed by atoms with Crippen molar-refractivity contribution in [3.8, 4) is 17.1 Å². The van der Waals surface area contributed by atoms with Crippen LogP contribution in [0.15, 0.2) is 66.9 Å². The lowest BCUT2D eigenvalue weighted by Crippen LogP contribution is -2.19. The van der Waals surface area contributed by atoms with Gasteiger partial charge in [0, 0.05) is 54.8 Å². The van der Waals surface area contributed by atoms with Crippen LogP contribution in [0.5, 0.6) is 5.75 Å². The molecule has 0 atom stereocenters. The Morgan fingerprint density at radius 2 is 1.88 bits per heavy atom. The fourth-order valence-corrected chi connectivity index (χ4v) is 4.08. The molecule has 0 bridgehead atoms. The van der Waals surface area contributed by atoms with E-state index in [1.807, 2.05) is 94.5 Å². The Balaban J connectivity index is 0.000000681. The van der Waals surface area contributed by atoms with Gasteiger partial charge in [-0.25, -0.2) is 9.97 Å². The largest absolute Gasteiger partial charge is 0.492 e. The van der Waals surface area contributed by atoms with Crippen LogP contribution in [0.4, 0.5) is 17.2 Å². The number of ether oxygens (including phenoxy) is 1. The van der Waals surface area contributed by atoms with E-state index in [1.54, 1.807) is 0 Å². The molecule has 3 aromatic carbocycles. The van der Waals surface area contributed by atoms with Gasteiger partial charge in [0.1, 0.15) is 24.5 Å². The smallest absolute Gasteiger partial charge is 0.162 e. The zero-order valence-electron chi connectivity index (χ0n) is 23.8. The standard InChI is InChI=1S/C27H29N7O.C4H8O/c1-28-20-7-5-6-18(14-20)26-31-24-10-9-22(35-13-12-33(2)3)16-23(24)27(32-26)30-21-8-11-25-19(15-21)17-29-34(25)4;1-2-3-4-5/h5-11,14-17,28H,12-13H2,1-4H3,(H,30,31,32);4H,2-3H2,1H3. The Bertz CT molecular complexity index is 1580. The van der Waals surface area contributed by atoms with Crippen molar-refractivity contribution in [2.75, 3.05) is 44.9 Å². The molecule has 0 saturated carbocycles. The summed E-state index contributed by atoms with van der Waals surface area (Å²) in [6, 6.07) is 20.2. The number of anilines is 3. The van der Waals surface area contributed by atoms with E-state index in [0.29, 0.717) is 18.9 Å². The molecule has 0 aliphatic rings. The van der Waals surface area contributed by atoms with Crippen molar-refractivity contribution < 1.29 is 9.53 Å². The van der Waals surface area contributed by atoms with Crippen LogP contribution in [0, 0.1) is 0 Å². The van der Waals surface area contributed by atoms with Crippen LogP contribution in [-0.4, -0.2) is 65.2 Å². The highest BCUT2D eigenvalue weighted by molar-refractivity contribution is 5.94. The van der Waals surface area contributed by atoms with Crippen LogP contribution < -0.4 is 15.4 Å². The molecule has 208 valence electrons. The van der Waals surface area contributed by atoms with E-state index in [9.17, 15) is 4.79 Å². The minimum absolute atomic E-state index is 0.606. The molecule has 0 aliphatic carbocycles. The lowest BCUT2D eigenvalue weighted by Gasteiger charge is -2.14. The minimum atomic E-state index is 0.606. The van der Waals surface area contributed by atoms with Crippen LogP contribution in [0.1, 0.15) is 19.8 Å². The van der Waals surface area contributed by atoms with E-state index in [1.165, 1.54) is 0 Å². The van der Waals surface area contributed by atoms with Crippen LogP contribution in [0.25, 0.3) is 33.2 Å². The van der Waals surface area contributed by atoms with Crippen LogP contribution >= 0.6 is 0 Å². The molecule has 2 heterocycles. The van der Waals surface area contributed by atoms with Gasteiger partial charge in [-0.1, -0.05) is 19.1 Å². The van der Waals surface area contributed by atoms with Crippen molar-refractivity contribution in [3.05, 3.63) is 66.9 Å². The number of fused-ring (bicyclic) bond motifs is 2. The van der Waals surface area contributed by atoms with Crippen molar-refractivity contribution in [3.63, 3.8) is 0 Å². The first-order valence-corrected chi connectivity index (χ1v) is 13.4. The van der Waals surface area contributed by atoms with E-state index >= 15 is 0 Å². The second-order valence-electron chi connectivity index (χ2n) is 9.68. The summed E-state index contributed by atoms with van der Waals surface area (Å²) in [4.78, 5) is 21.3. The van der Waals surface area contributed by atoms with Gasteiger partial charge in [-0.2, -0.15) is 5.10 Å². The Kier molecular flexibility index (Phi) is 9.64. The summed E-state index contributed by atoms with van der Waals surface area (Å²) in [5.74, 6) is 2.17. The van der Waals surface area contributed by atoms with Crippen LogP contribution in [-0.2, 0) is 11.8 Å². The van der Waals surface area contributed by atoms with Crippen molar-refractivity contribution in [2.45, 2.75) is 19.8 Å². The number of unbranched alkanes of at least 4 members (excludes halogenated alkanes) is 1. The van der Waals surface area contributed by atoms with Crippen molar-refractivity contribution in [1.29, 1.82) is 0 Å². The van der Waals surface area contributed by atoms with Crippen molar-refractivity contribution >= 4 is 45.3 Å². The summed E-state index contributed by atoms with van der Waals surface area (Å²) in [7, 11) is 7.91. The number of carbonyl (C=O) groups is 1. The first kappa shape index (κ1) is 28.5.